The molecular formula is C11H8ClFN4O. The predicted octanol–water partition coefficient (Wildman–Crippen LogP) is 2.10. The van der Waals surface area contributed by atoms with E-state index >= 15 is 0 Å². The Labute approximate surface area is 107 Å². The second kappa shape index (κ2) is 4.97. The highest BCUT2D eigenvalue weighted by Crippen LogP contribution is 2.15. The van der Waals surface area contributed by atoms with Gasteiger partial charge in [-0.25, -0.2) is 4.39 Å². The van der Waals surface area contributed by atoms with Gasteiger partial charge in [0.05, 0.1) is 5.56 Å². The standard InChI is InChI=1S/C11H8ClFN4O/c12-9-3-4-10(17-16-9)15-11(18)7-2-1-6(13)5-8(7)14/h1-5H,14H2,(H,15,17,18). The molecule has 1 heterocycles. The summed E-state index contributed by atoms with van der Waals surface area (Å²) in [7, 11) is 0. The highest BCUT2D eigenvalue weighted by atomic mass is 35.5. The van der Waals surface area contributed by atoms with E-state index in [2.05, 4.69) is 15.5 Å². The van der Waals surface area contributed by atoms with Gasteiger partial charge in [0, 0.05) is 5.69 Å². The van der Waals surface area contributed by atoms with Gasteiger partial charge in [-0.1, -0.05) is 11.6 Å². The number of nitrogen functional groups attached to an aromatic ring is 1. The Hall–Kier alpha value is -2.21. The highest BCUT2D eigenvalue weighted by molar-refractivity contribution is 6.29. The van der Waals surface area contributed by atoms with Crippen LogP contribution in [0.2, 0.25) is 5.15 Å². The third-order valence-electron chi connectivity index (χ3n) is 2.13. The molecule has 0 saturated heterocycles. The van der Waals surface area contributed by atoms with Crippen LogP contribution in [-0.2, 0) is 0 Å². The molecule has 0 spiro atoms. The van der Waals surface area contributed by atoms with Crippen LogP contribution in [-0.4, -0.2) is 16.1 Å². The molecule has 1 aromatic heterocycles. The van der Waals surface area contributed by atoms with Gasteiger partial charge in [0.1, 0.15) is 5.82 Å². The number of halogens is 2. The lowest BCUT2D eigenvalue weighted by molar-refractivity contribution is 0.102. The molecule has 0 atom stereocenters. The molecule has 18 heavy (non-hydrogen) atoms. The van der Waals surface area contributed by atoms with Crippen LogP contribution < -0.4 is 11.1 Å². The Bertz CT molecular complexity index is 588. The van der Waals surface area contributed by atoms with Crippen LogP contribution in [0.4, 0.5) is 15.9 Å². The average Bonchev–Trinajstić information content (AvgIpc) is 2.32. The summed E-state index contributed by atoms with van der Waals surface area (Å²) in [5.74, 6) is -0.771. The molecule has 1 amide bonds. The molecular weight excluding hydrogens is 259 g/mol. The van der Waals surface area contributed by atoms with Crippen molar-refractivity contribution in [2.45, 2.75) is 0 Å². The third-order valence-corrected chi connectivity index (χ3v) is 2.33. The van der Waals surface area contributed by atoms with Crippen LogP contribution >= 0.6 is 11.6 Å². The molecule has 0 radical (unpaired) electrons. The number of rotatable bonds is 2. The monoisotopic (exact) mass is 266 g/mol. The van der Waals surface area contributed by atoms with Crippen LogP contribution in [0, 0.1) is 5.82 Å². The lowest BCUT2D eigenvalue weighted by Gasteiger charge is -2.06. The maximum atomic E-state index is 12.8. The van der Waals surface area contributed by atoms with Gasteiger partial charge >= 0.3 is 0 Å². The molecule has 0 bridgehead atoms. The summed E-state index contributed by atoms with van der Waals surface area (Å²) >= 11 is 5.56. The number of hydrogen-bond donors (Lipinski definition) is 2. The Morgan fingerprint density at radius 1 is 1.28 bits per heavy atom. The average molecular weight is 267 g/mol. The van der Waals surface area contributed by atoms with E-state index in [1.54, 1.807) is 0 Å². The maximum Gasteiger partial charge on any atom is 0.258 e. The SMILES string of the molecule is Nc1cc(F)ccc1C(=O)Nc1ccc(Cl)nn1. The van der Waals surface area contributed by atoms with E-state index < -0.39 is 11.7 Å². The summed E-state index contributed by atoms with van der Waals surface area (Å²) in [6.45, 7) is 0. The second-order valence-electron chi connectivity index (χ2n) is 3.43. The van der Waals surface area contributed by atoms with Crippen molar-refractivity contribution in [3.8, 4) is 0 Å². The van der Waals surface area contributed by atoms with Crippen LogP contribution in [0.3, 0.4) is 0 Å². The van der Waals surface area contributed by atoms with E-state index in [9.17, 15) is 9.18 Å². The summed E-state index contributed by atoms with van der Waals surface area (Å²) < 4.78 is 12.8. The van der Waals surface area contributed by atoms with Crippen LogP contribution in [0.15, 0.2) is 30.3 Å². The van der Waals surface area contributed by atoms with E-state index in [4.69, 9.17) is 17.3 Å². The van der Waals surface area contributed by atoms with Crippen LogP contribution in [0.25, 0.3) is 0 Å². The van der Waals surface area contributed by atoms with Crippen molar-refractivity contribution in [2.24, 2.45) is 0 Å². The number of hydrogen-bond acceptors (Lipinski definition) is 4. The lowest BCUT2D eigenvalue weighted by atomic mass is 10.1. The number of amides is 1. The number of carbonyl (C=O) groups excluding carboxylic acids is 1. The number of benzene rings is 1. The lowest BCUT2D eigenvalue weighted by Crippen LogP contribution is -2.15. The van der Waals surface area contributed by atoms with Gasteiger partial charge in [-0.05, 0) is 30.3 Å². The molecule has 0 fully saturated rings. The number of aromatic nitrogens is 2. The molecule has 0 aliphatic heterocycles. The van der Waals surface area contributed by atoms with Gasteiger partial charge in [0.25, 0.3) is 5.91 Å². The quantitative estimate of drug-likeness (QED) is 0.816. The first kappa shape index (κ1) is 12.3. The Balaban J connectivity index is 2.19. The zero-order chi connectivity index (χ0) is 13.1. The van der Waals surface area contributed by atoms with E-state index in [-0.39, 0.29) is 22.2 Å². The minimum atomic E-state index is -0.504. The summed E-state index contributed by atoms with van der Waals surface area (Å²) in [5, 5.41) is 9.92. The summed E-state index contributed by atoms with van der Waals surface area (Å²) in [6.07, 6.45) is 0. The molecule has 2 rings (SSSR count). The number of nitrogens with one attached hydrogen (secondary N) is 1. The minimum absolute atomic E-state index is 0.0504. The van der Waals surface area contributed by atoms with Gasteiger partial charge in [0.2, 0.25) is 0 Å². The normalized spacial score (nSPS) is 10.1. The number of carbonyl (C=O) groups is 1. The molecule has 3 N–H and O–H groups in total. The molecule has 0 aliphatic rings. The van der Waals surface area contributed by atoms with Crippen molar-refractivity contribution >= 4 is 29.0 Å². The van der Waals surface area contributed by atoms with E-state index in [1.807, 2.05) is 0 Å². The number of anilines is 2. The zero-order valence-corrected chi connectivity index (χ0v) is 9.78. The molecule has 1 aromatic carbocycles. The summed E-state index contributed by atoms with van der Waals surface area (Å²) in [6, 6.07) is 6.50. The molecule has 0 saturated carbocycles. The zero-order valence-electron chi connectivity index (χ0n) is 9.02. The maximum absolute atomic E-state index is 12.8. The fraction of sp³-hybridized carbons (Fsp3) is 0. The Morgan fingerprint density at radius 3 is 2.67 bits per heavy atom. The van der Waals surface area contributed by atoms with Gasteiger partial charge in [0.15, 0.2) is 11.0 Å². The number of nitrogens with two attached hydrogens (primary N) is 1. The first-order chi connectivity index (χ1) is 8.56. The first-order valence-corrected chi connectivity index (χ1v) is 5.29. The second-order valence-corrected chi connectivity index (χ2v) is 3.81. The molecule has 0 unspecified atom stereocenters. The third kappa shape index (κ3) is 2.72. The molecule has 92 valence electrons. The Kier molecular flexibility index (Phi) is 3.38. The smallest absolute Gasteiger partial charge is 0.258 e. The summed E-state index contributed by atoms with van der Waals surface area (Å²) in [5.41, 5.74) is 5.75. The molecule has 2 aromatic rings. The van der Waals surface area contributed by atoms with Crippen molar-refractivity contribution in [2.75, 3.05) is 11.1 Å². The fourth-order valence-corrected chi connectivity index (χ4v) is 1.41. The van der Waals surface area contributed by atoms with Crippen molar-refractivity contribution < 1.29 is 9.18 Å². The van der Waals surface area contributed by atoms with Gasteiger partial charge < -0.3 is 11.1 Å². The van der Waals surface area contributed by atoms with E-state index in [1.165, 1.54) is 18.2 Å². The van der Waals surface area contributed by atoms with Crippen LogP contribution in [0.5, 0.6) is 0 Å². The minimum Gasteiger partial charge on any atom is -0.398 e. The first-order valence-electron chi connectivity index (χ1n) is 4.92. The van der Waals surface area contributed by atoms with Gasteiger partial charge in [-0.2, -0.15) is 0 Å². The molecule has 5 nitrogen and oxygen atoms in total. The predicted molar refractivity (Wildman–Crippen MR) is 65.8 cm³/mol. The Morgan fingerprint density at radius 2 is 2.06 bits per heavy atom. The number of nitrogens with zero attached hydrogens (tertiary/aromatic N) is 2. The molecule has 7 heteroatoms. The topological polar surface area (TPSA) is 80.9 Å². The van der Waals surface area contributed by atoms with Crippen LogP contribution in [0.1, 0.15) is 10.4 Å². The van der Waals surface area contributed by atoms with E-state index in [0.29, 0.717) is 0 Å². The van der Waals surface area contributed by atoms with Crippen molar-refractivity contribution in [1.29, 1.82) is 0 Å². The summed E-state index contributed by atoms with van der Waals surface area (Å²) in [4.78, 5) is 11.8. The highest BCUT2D eigenvalue weighted by Gasteiger charge is 2.11. The van der Waals surface area contributed by atoms with Crippen molar-refractivity contribution in [3.63, 3.8) is 0 Å². The fourth-order valence-electron chi connectivity index (χ4n) is 1.31. The van der Waals surface area contributed by atoms with Gasteiger partial charge in [-0.3, -0.25) is 4.79 Å². The van der Waals surface area contributed by atoms with Crippen molar-refractivity contribution in [1.82, 2.24) is 10.2 Å². The largest absolute Gasteiger partial charge is 0.398 e. The van der Waals surface area contributed by atoms with Crippen molar-refractivity contribution in [3.05, 3.63) is 46.9 Å². The molecule has 0 aliphatic carbocycles. The van der Waals surface area contributed by atoms with E-state index in [0.717, 1.165) is 12.1 Å². The van der Waals surface area contributed by atoms with Gasteiger partial charge in [-0.15, -0.1) is 10.2 Å².